The molecular weight excluding hydrogens is 174 g/mol. The first kappa shape index (κ1) is 10.4. The Morgan fingerprint density at radius 1 is 1.14 bits per heavy atom. The van der Waals surface area contributed by atoms with Gasteiger partial charge in [0.25, 0.3) is 0 Å². The van der Waals surface area contributed by atoms with E-state index in [1.807, 2.05) is 0 Å². The van der Waals surface area contributed by atoms with Gasteiger partial charge in [-0.15, -0.1) is 0 Å². The summed E-state index contributed by atoms with van der Waals surface area (Å²) in [6.45, 7) is 4.49. The van der Waals surface area contributed by atoms with Gasteiger partial charge in [-0.2, -0.15) is 0 Å². The summed E-state index contributed by atoms with van der Waals surface area (Å²) in [5, 5.41) is 3.48. The predicted octanol–water partition coefficient (Wildman–Crippen LogP) is 2.33. The second-order valence-electron chi connectivity index (χ2n) is 5.01. The molecule has 14 heavy (non-hydrogen) atoms. The first-order valence-corrected chi connectivity index (χ1v) is 6.19. The van der Waals surface area contributed by atoms with Crippen molar-refractivity contribution in [3.63, 3.8) is 0 Å². The van der Waals surface area contributed by atoms with Crippen molar-refractivity contribution in [2.45, 2.75) is 57.6 Å². The van der Waals surface area contributed by atoms with Crippen LogP contribution in [0.3, 0.4) is 0 Å². The van der Waals surface area contributed by atoms with Gasteiger partial charge in [0.15, 0.2) is 0 Å². The SMILES string of the molecule is CC1CCC(OC[C@H]2CCCN2)CC1. The number of nitrogens with one attached hydrogen (secondary N) is 1. The Morgan fingerprint density at radius 3 is 2.57 bits per heavy atom. The predicted molar refractivity (Wildman–Crippen MR) is 58.4 cm³/mol. The summed E-state index contributed by atoms with van der Waals surface area (Å²) in [5.74, 6) is 0.930. The van der Waals surface area contributed by atoms with Crippen molar-refractivity contribution in [2.24, 2.45) is 5.92 Å². The van der Waals surface area contributed by atoms with Crippen molar-refractivity contribution in [3.8, 4) is 0 Å². The standard InChI is InChI=1S/C12H23NO/c1-10-4-6-12(7-5-10)14-9-11-3-2-8-13-11/h10-13H,2-9H2,1H3/t10?,11-,12?/m1/s1. The number of hydrogen-bond donors (Lipinski definition) is 1. The van der Waals surface area contributed by atoms with Gasteiger partial charge in [-0.25, -0.2) is 0 Å². The first-order chi connectivity index (χ1) is 6.84. The zero-order valence-corrected chi connectivity index (χ0v) is 9.30. The molecule has 2 heteroatoms. The van der Waals surface area contributed by atoms with E-state index in [9.17, 15) is 0 Å². The van der Waals surface area contributed by atoms with E-state index in [1.54, 1.807) is 0 Å². The highest BCUT2D eigenvalue weighted by Crippen LogP contribution is 2.25. The molecule has 1 aliphatic heterocycles. The van der Waals surface area contributed by atoms with Crippen molar-refractivity contribution in [1.82, 2.24) is 5.32 Å². The Hall–Kier alpha value is -0.0800. The molecule has 0 amide bonds. The van der Waals surface area contributed by atoms with E-state index in [4.69, 9.17) is 4.74 Å². The summed E-state index contributed by atoms with van der Waals surface area (Å²) in [4.78, 5) is 0. The zero-order valence-electron chi connectivity index (χ0n) is 9.30. The van der Waals surface area contributed by atoms with E-state index in [0.717, 1.165) is 12.5 Å². The second-order valence-corrected chi connectivity index (χ2v) is 5.01. The van der Waals surface area contributed by atoms with Gasteiger partial charge in [0.2, 0.25) is 0 Å². The van der Waals surface area contributed by atoms with Crippen LogP contribution in [0.15, 0.2) is 0 Å². The van der Waals surface area contributed by atoms with Crippen LogP contribution in [0.1, 0.15) is 45.4 Å². The molecule has 0 aromatic heterocycles. The molecule has 1 saturated heterocycles. The highest BCUT2D eigenvalue weighted by atomic mass is 16.5. The van der Waals surface area contributed by atoms with Crippen LogP contribution in [0.4, 0.5) is 0 Å². The average molecular weight is 197 g/mol. The van der Waals surface area contributed by atoms with Gasteiger partial charge in [-0.1, -0.05) is 6.92 Å². The van der Waals surface area contributed by atoms with E-state index in [-0.39, 0.29) is 0 Å². The van der Waals surface area contributed by atoms with Gasteiger partial charge >= 0.3 is 0 Å². The lowest BCUT2D eigenvalue weighted by atomic mass is 9.89. The number of rotatable bonds is 3. The summed E-state index contributed by atoms with van der Waals surface area (Å²) in [7, 11) is 0. The van der Waals surface area contributed by atoms with E-state index in [0.29, 0.717) is 12.1 Å². The molecule has 2 rings (SSSR count). The maximum absolute atomic E-state index is 5.95. The second kappa shape index (κ2) is 5.13. The van der Waals surface area contributed by atoms with Gasteiger partial charge in [0.1, 0.15) is 0 Å². The Balaban J connectivity index is 1.60. The third kappa shape index (κ3) is 2.96. The van der Waals surface area contributed by atoms with Gasteiger partial charge in [0.05, 0.1) is 12.7 Å². The van der Waals surface area contributed by atoms with Crippen molar-refractivity contribution >= 4 is 0 Å². The monoisotopic (exact) mass is 197 g/mol. The largest absolute Gasteiger partial charge is 0.377 e. The van der Waals surface area contributed by atoms with Crippen LogP contribution >= 0.6 is 0 Å². The fourth-order valence-electron chi connectivity index (χ4n) is 2.55. The molecular formula is C12H23NO. The smallest absolute Gasteiger partial charge is 0.0623 e. The summed E-state index contributed by atoms with van der Waals surface area (Å²) in [5.41, 5.74) is 0. The third-order valence-corrected chi connectivity index (χ3v) is 3.66. The molecule has 1 N–H and O–H groups in total. The zero-order chi connectivity index (χ0) is 9.80. The normalized spacial score (nSPS) is 38.8. The first-order valence-electron chi connectivity index (χ1n) is 6.19. The van der Waals surface area contributed by atoms with E-state index < -0.39 is 0 Å². The molecule has 0 radical (unpaired) electrons. The van der Waals surface area contributed by atoms with Crippen LogP contribution in [0.25, 0.3) is 0 Å². The molecule has 0 aromatic carbocycles. The maximum atomic E-state index is 5.95. The molecule has 2 aliphatic rings. The fourth-order valence-corrected chi connectivity index (χ4v) is 2.55. The lowest BCUT2D eigenvalue weighted by molar-refractivity contribution is 0.0105. The van der Waals surface area contributed by atoms with Crippen LogP contribution in [0.2, 0.25) is 0 Å². The third-order valence-electron chi connectivity index (χ3n) is 3.66. The molecule has 0 unspecified atom stereocenters. The highest BCUT2D eigenvalue weighted by Gasteiger charge is 2.21. The van der Waals surface area contributed by atoms with Crippen LogP contribution in [0.5, 0.6) is 0 Å². The minimum Gasteiger partial charge on any atom is -0.377 e. The lowest BCUT2D eigenvalue weighted by Crippen LogP contribution is -2.30. The van der Waals surface area contributed by atoms with Crippen LogP contribution in [-0.4, -0.2) is 25.3 Å². The van der Waals surface area contributed by atoms with E-state index in [2.05, 4.69) is 12.2 Å². The van der Waals surface area contributed by atoms with E-state index >= 15 is 0 Å². The molecule has 1 aliphatic carbocycles. The minimum atomic E-state index is 0.564. The topological polar surface area (TPSA) is 21.3 Å². The van der Waals surface area contributed by atoms with E-state index in [1.165, 1.54) is 45.1 Å². The summed E-state index contributed by atoms with van der Waals surface area (Å²) < 4.78 is 5.95. The van der Waals surface area contributed by atoms with Crippen LogP contribution in [-0.2, 0) is 4.74 Å². The van der Waals surface area contributed by atoms with Crippen molar-refractivity contribution in [2.75, 3.05) is 13.2 Å². The van der Waals surface area contributed by atoms with Gasteiger partial charge in [-0.3, -0.25) is 0 Å². The Morgan fingerprint density at radius 2 is 1.93 bits per heavy atom. The molecule has 82 valence electrons. The lowest BCUT2D eigenvalue weighted by Gasteiger charge is -2.27. The average Bonchev–Trinajstić information content (AvgIpc) is 2.70. The Bertz CT molecular complexity index is 158. The molecule has 1 heterocycles. The van der Waals surface area contributed by atoms with Gasteiger partial charge < -0.3 is 10.1 Å². The number of ether oxygens (including phenoxy) is 1. The minimum absolute atomic E-state index is 0.564. The van der Waals surface area contributed by atoms with Crippen molar-refractivity contribution in [1.29, 1.82) is 0 Å². The summed E-state index contributed by atoms with van der Waals surface area (Å²) in [6.07, 6.45) is 8.50. The molecule has 1 saturated carbocycles. The molecule has 2 fully saturated rings. The summed E-state index contributed by atoms with van der Waals surface area (Å²) in [6, 6.07) is 0.648. The van der Waals surface area contributed by atoms with Crippen LogP contribution < -0.4 is 5.32 Å². The Labute approximate surface area is 87.4 Å². The van der Waals surface area contributed by atoms with Crippen molar-refractivity contribution < 1.29 is 4.74 Å². The maximum Gasteiger partial charge on any atom is 0.0623 e. The van der Waals surface area contributed by atoms with Crippen LogP contribution in [0, 0.1) is 5.92 Å². The number of hydrogen-bond acceptors (Lipinski definition) is 2. The van der Waals surface area contributed by atoms with Gasteiger partial charge in [0, 0.05) is 6.04 Å². The Kier molecular flexibility index (Phi) is 3.82. The molecule has 0 bridgehead atoms. The van der Waals surface area contributed by atoms with Crippen molar-refractivity contribution in [3.05, 3.63) is 0 Å². The molecule has 1 atom stereocenters. The quantitative estimate of drug-likeness (QED) is 0.750. The molecule has 2 nitrogen and oxygen atoms in total. The molecule has 0 spiro atoms. The fraction of sp³-hybridized carbons (Fsp3) is 1.00. The highest BCUT2D eigenvalue weighted by molar-refractivity contribution is 4.75. The summed E-state index contributed by atoms with van der Waals surface area (Å²) >= 11 is 0. The molecule has 0 aromatic rings. The van der Waals surface area contributed by atoms with Gasteiger partial charge in [-0.05, 0) is 51.0 Å².